The Morgan fingerprint density at radius 2 is 1.88 bits per heavy atom. The maximum atomic E-state index is 5.79. The Bertz CT molecular complexity index is 351. The zero-order valence-electron chi connectivity index (χ0n) is 11.1. The Morgan fingerprint density at radius 1 is 1.24 bits per heavy atom. The van der Waals surface area contributed by atoms with Gasteiger partial charge in [0.2, 0.25) is 0 Å². The van der Waals surface area contributed by atoms with Gasteiger partial charge >= 0.3 is 0 Å². The van der Waals surface area contributed by atoms with Gasteiger partial charge < -0.3 is 0 Å². The fourth-order valence-electron chi connectivity index (χ4n) is 3.35. The molecule has 3 N–H and O–H groups in total. The van der Waals surface area contributed by atoms with Gasteiger partial charge in [-0.1, -0.05) is 13.8 Å². The largest absolute Gasteiger partial charge is 0.271 e. The first-order valence-electron chi connectivity index (χ1n) is 6.62. The van der Waals surface area contributed by atoms with Crippen molar-refractivity contribution in [1.29, 1.82) is 0 Å². The summed E-state index contributed by atoms with van der Waals surface area (Å²) < 4.78 is 0. The fraction of sp³-hybridized carbons (Fsp3) is 0.714. The van der Waals surface area contributed by atoms with Gasteiger partial charge in [-0.25, -0.2) is 0 Å². The minimum Gasteiger partial charge on any atom is -0.271 e. The van der Waals surface area contributed by atoms with Gasteiger partial charge in [0.05, 0.1) is 6.04 Å². The number of hydrogen-bond acceptors (Lipinski definition) is 3. The van der Waals surface area contributed by atoms with Crippen LogP contribution in [0.25, 0.3) is 0 Å². The standard InChI is InChI=1S/C14H24N2S/c1-9-6-10(2)8-12(7-9)14(16-15)13-5-4-11(3)17-13/h4-5,9-10,12,14,16H,6-8,15H2,1-3H3. The normalized spacial score (nSPS) is 31.4. The molecule has 3 heteroatoms. The highest BCUT2D eigenvalue weighted by Gasteiger charge is 2.30. The molecule has 1 aliphatic carbocycles. The van der Waals surface area contributed by atoms with Gasteiger partial charge in [-0.3, -0.25) is 11.3 Å². The van der Waals surface area contributed by atoms with Crippen LogP contribution in [0.3, 0.4) is 0 Å². The van der Waals surface area contributed by atoms with E-state index in [1.807, 2.05) is 11.3 Å². The van der Waals surface area contributed by atoms with Crippen molar-refractivity contribution in [2.45, 2.75) is 46.1 Å². The second-order valence-corrected chi connectivity index (χ2v) is 7.09. The summed E-state index contributed by atoms with van der Waals surface area (Å²) in [7, 11) is 0. The minimum absolute atomic E-state index is 0.346. The second kappa shape index (κ2) is 5.51. The Labute approximate surface area is 109 Å². The van der Waals surface area contributed by atoms with Crippen molar-refractivity contribution in [2.24, 2.45) is 23.6 Å². The average molecular weight is 252 g/mol. The molecule has 3 unspecified atom stereocenters. The minimum atomic E-state index is 0.346. The van der Waals surface area contributed by atoms with Crippen LogP contribution in [0.1, 0.15) is 48.9 Å². The maximum absolute atomic E-state index is 5.79. The molecule has 0 aliphatic heterocycles. The van der Waals surface area contributed by atoms with Crippen molar-refractivity contribution in [3.8, 4) is 0 Å². The number of rotatable bonds is 3. The molecule has 1 saturated carbocycles. The zero-order valence-corrected chi connectivity index (χ0v) is 11.9. The molecule has 0 saturated heterocycles. The molecule has 2 nitrogen and oxygen atoms in total. The highest BCUT2D eigenvalue weighted by molar-refractivity contribution is 7.12. The smallest absolute Gasteiger partial charge is 0.0581 e. The van der Waals surface area contributed by atoms with E-state index in [1.165, 1.54) is 29.0 Å². The lowest BCUT2D eigenvalue weighted by molar-refractivity contribution is 0.178. The van der Waals surface area contributed by atoms with Crippen molar-refractivity contribution in [3.63, 3.8) is 0 Å². The SMILES string of the molecule is Cc1ccc(C(NN)C2CC(C)CC(C)C2)s1. The Kier molecular flexibility index (Phi) is 4.23. The molecule has 1 aromatic rings. The maximum Gasteiger partial charge on any atom is 0.0581 e. The van der Waals surface area contributed by atoms with Crippen molar-refractivity contribution in [2.75, 3.05) is 0 Å². The Balaban J connectivity index is 2.12. The second-order valence-electron chi connectivity index (χ2n) is 5.77. The van der Waals surface area contributed by atoms with Gasteiger partial charge in [-0.2, -0.15) is 0 Å². The molecule has 0 amide bonds. The van der Waals surface area contributed by atoms with Crippen LogP contribution in [0.4, 0.5) is 0 Å². The van der Waals surface area contributed by atoms with Crippen molar-refractivity contribution in [1.82, 2.24) is 5.43 Å². The van der Waals surface area contributed by atoms with Crippen molar-refractivity contribution >= 4 is 11.3 Å². The summed E-state index contributed by atoms with van der Waals surface area (Å²) in [4.78, 5) is 2.77. The first-order chi connectivity index (χ1) is 8.10. The highest BCUT2D eigenvalue weighted by atomic mass is 32.1. The van der Waals surface area contributed by atoms with Crippen LogP contribution in [0.15, 0.2) is 12.1 Å². The predicted molar refractivity (Wildman–Crippen MR) is 74.8 cm³/mol. The lowest BCUT2D eigenvalue weighted by Crippen LogP contribution is -2.36. The number of hydrazine groups is 1. The van der Waals surface area contributed by atoms with Gasteiger partial charge in [0, 0.05) is 9.75 Å². The summed E-state index contributed by atoms with van der Waals surface area (Å²) in [6.45, 7) is 6.90. The van der Waals surface area contributed by atoms with Crippen molar-refractivity contribution < 1.29 is 0 Å². The van der Waals surface area contributed by atoms with E-state index in [4.69, 9.17) is 5.84 Å². The molecule has 1 aliphatic rings. The third-order valence-corrected chi connectivity index (χ3v) is 5.02. The lowest BCUT2D eigenvalue weighted by atomic mass is 9.73. The Morgan fingerprint density at radius 3 is 2.35 bits per heavy atom. The van der Waals surface area contributed by atoms with E-state index in [0.29, 0.717) is 12.0 Å². The van der Waals surface area contributed by atoms with Crippen LogP contribution in [-0.2, 0) is 0 Å². The monoisotopic (exact) mass is 252 g/mol. The average Bonchev–Trinajstić information content (AvgIpc) is 2.64. The topological polar surface area (TPSA) is 38.0 Å². The van der Waals surface area contributed by atoms with Crippen LogP contribution in [0.2, 0.25) is 0 Å². The molecule has 1 fully saturated rings. The number of nitrogens with one attached hydrogen (secondary N) is 1. The molecule has 1 aromatic heterocycles. The lowest BCUT2D eigenvalue weighted by Gasteiger charge is -2.35. The van der Waals surface area contributed by atoms with E-state index in [-0.39, 0.29) is 0 Å². The van der Waals surface area contributed by atoms with Crippen molar-refractivity contribution in [3.05, 3.63) is 21.9 Å². The van der Waals surface area contributed by atoms with E-state index < -0.39 is 0 Å². The highest BCUT2D eigenvalue weighted by Crippen LogP contribution is 2.40. The summed E-state index contributed by atoms with van der Waals surface area (Å²) in [6.07, 6.45) is 3.98. The molecular formula is C14H24N2S. The predicted octanol–water partition coefficient (Wildman–Crippen LogP) is 3.63. The Hall–Kier alpha value is -0.380. The molecule has 0 spiro atoms. The molecule has 17 heavy (non-hydrogen) atoms. The fourth-order valence-corrected chi connectivity index (χ4v) is 4.38. The van der Waals surface area contributed by atoms with Crippen LogP contribution in [0.5, 0.6) is 0 Å². The molecule has 2 rings (SSSR count). The third-order valence-electron chi connectivity index (χ3n) is 3.93. The van der Waals surface area contributed by atoms with Crippen LogP contribution < -0.4 is 11.3 Å². The zero-order chi connectivity index (χ0) is 12.4. The van der Waals surface area contributed by atoms with Crippen LogP contribution in [0, 0.1) is 24.7 Å². The third kappa shape index (κ3) is 3.09. The van der Waals surface area contributed by atoms with E-state index in [1.54, 1.807) is 0 Å². The quantitative estimate of drug-likeness (QED) is 0.637. The summed E-state index contributed by atoms with van der Waals surface area (Å²) in [5.74, 6) is 8.15. The van der Waals surface area contributed by atoms with Gasteiger partial charge in [0.25, 0.3) is 0 Å². The molecule has 1 heterocycles. The van der Waals surface area contributed by atoms with E-state index in [2.05, 4.69) is 38.3 Å². The van der Waals surface area contributed by atoms with E-state index >= 15 is 0 Å². The van der Waals surface area contributed by atoms with Gasteiger partial charge in [-0.15, -0.1) is 11.3 Å². The first-order valence-corrected chi connectivity index (χ1v) is 7.44. The van der Waals surface area contributed by atoms with Crippen LogP contribution in [-0.4, -0.2) is 0 Å². The van der Waals surface area contributed by atoms with E-state index in [0.717, 1.165) is 11.8 Å². The summed E-state index contributed by atoms with van der Waals surface area (Å²) in [6, 6.07) is 4.77. The molecule has 0 radical (unpaired) electrons. The molecular weight excluding hydrogens is 228 g/mol. The number of nitrogens with two attached hydrogens (primary N) is 1. The summed E-state index contributed by atoms with van der Waals surface area (Å²) >= 11 is 1.87. The van der Waals surface area contributed by atoms with Gasteiger partial charge in [0.1, 0.15) is 0 Å². The summed E-state index contributed by atoms with van der Waals surface area (Å²) in [5.41, 5.74) is 3.05. The number of aryl methyl sites for hydroxylation is 1. The van der Waals surface area contributed by atoms with Gasteiger partial charge in [-0.05, 0) is 56.1 Å². The number of thiophene rings is 1. The van der Waals surface area contributed by atoms with E-state index in [9.17, 15) is 0 Å². The van der Waals surface area contributed by atoms with Crippen LogP contribution >= 0.6 is 11.3 Å². The summed E-state index contributed by atoms with van der Waals surface area (Å²) in [5, 5.41) is 0. The molecule has 3 atom stereocenters. The molecule has 96 valence electrons. The molecule has 0 bridgehead atoms. The molecule has 0 aromatic carbocycles. The number of hydrogen-bond donors (Lipinski definition) is 2. The van der Waals surface area contributed by atoms with Gasteiger partial charge in [0.15, 0.2) is 0 Å². The first kappa shape index (κ1) is 13.1.